The molecule has 1 aliphatic rings. The first-order valence-electron chi connectivity index (χ1n) is 12.3. The number of aryl methyl sites for hydroxylation is 1. The Morgan fingerprint density at radius 3 is 2.65 bits per heavy atom. The molecule has 0 unspecified atom stereocenters. The molecule has 1 amide bonds. The molecule has 0 aliphatic carbocycles. The number of halogens is 1. The maximum absolute atomic E-state index is 13.3. The van der Waals surface area contributed by atoms with Gasteiger partial charge in [0.25, 0.3) is 11.5 Å². The van der Waals surface area contributed by atoms with Crippen LogP contribution in [0.3, 0.4) is 0 Å². The Kier molecular flexibility index (Phi) is 5.67. The zero-order valence-electron chi connectivity index (χ0n) is 20.3. The van der Waals surface area contributed by atoms with Gasteiger partial charge in [0.2, 0.25) is 5.78 Å². The first kappa shape index (κ1) is 22.9. The van der Waals surface area contributed by atoms with E-state index in [0.29, 0.717) is 29.8 Å². The molecule has 3 aromatic carbocycles. The van der Waals surface area contributed by atoms with E-state index >= 15 is 0 Å². The van der Waals surface area contributed by atoms with E-state index in [9.17, 15) is 14.0 Å². The van der Waals surface area contributed by atoms with Crippen LogP contribution in [-0.2, 0) is 19.5 Å². The zero-order valence-corrected chi connectivity index (χ0v) is 20.3. The molecule has 1 N–H and O–H groups in total. The predicted octanol–water partition coefficient (Wildman–Crippen LogP) is 4.41. The van der Waals surface area contributed by atoms with Gasteiger partial charge in [0.05, 0.1) is 17.4 Å². The quantitative estimate of drug-likeness (QED) is 0.390. The summed E-state index contributed by atoms with van der Waals surface area (Å²) in [7, 11) is 0. The maximum atomic E-state index is 13.3. The lowest BCUT2D eigenvalue weighted by molar-refractivity contribution is 0.102. The van der Waals surface area contributed by atoms with Gasteiger partial charge in [0, 0.05) is 30.0 Å². The molecule has 8 nitrogen and oxygen atoms in total. The number of nitrogens with zero attached hydrogens (tertiary/aromatic N) is 5. The Labute approximate surface area is 212 Å². The lowest BCUT2D eigenvalue weighted by Crippen LogP contribution is -2.31. The number of hydrogen-bond acceptors (Lipinski definition) is 5. The Balaban J connectivity index is 1.37. The number of carbonyl (C=O) groups is 1. The standard InChI is InChI=1S/C28H25FN6O2/c1-2-34-27(37)21-7-3-4-10-24(21)35-25(31-32-28(34)35)17-33-16-6-8-20-22(9-5-11-23(20)33)30-26(36)18-12-14-19(29)15-13-18/h3-5,7,9-15H,2,6,8,16-17H2,1H3,(H,30,36). The van der Waals surface area contributed by atoms with Gasteiger partial charge in [0.15, 0.2) is 5.82 Å². The summed E-state index contributed by atoms with van der Waals surface area (Å²) >= 11 is 0. The minimum absolute atomic E-state index is 0.0746. The van der Waals surface area contributed by atoms with Gasteiger partial charge in [-0.15, -0.1) is 10.2 Å². The van der Waals surface area contributed by atoms with Crippen LogP contribution in [0.25, 0.3) is 16.7 Å². The second-order valence-electron chi connectivity index (χ2n) is 9.11. The molecule has 2 aromatic heterocycles. The predicted molar refractivity (Wildman–Crippen MR) is 141 cm³/mol. The fourth-order valence-electron chi connectivity index (χ4n) is 5.15. The molecule has 186 valence electrons. The molecule has 0 spiro atoms. The molecule has 37 heavy (non-hydrogen) atoms. The average Bonchev–Trinajstić information content (AvgIpc) is 3.33. The van der Waals surface area contributed by atoms with Crippen molar-refractivity contribution in [3.63, 3.8) is 0 Å². The van der Waals surface area contributed by atoms with E-state index in [0.717, 1.165) is 47.7 Å². The summed E-state index contributed by atoms with van der Waals surface area (Å²) in [6, 6.07) is 18.9. The number of amides is 1. The molecular formula is C28H25FN6O2. The Morgan fingerprint density at radius 1 is 1.03 bits per heavy atom. The van der Waals surface area contributed by atoms with E-state index < -0.39 is 0 Å². The third kappa shape index (κ3) is 3.92. The van der Waals surface area contributed by atoms with E-state index in [1.165, 1.54) is 24.3 Å². The summed E-state index contributed by atoms with van der Waals surface area (Å²) in [5.41, 5.74) is 3.92. The highest BCUT2D eigenvalue weighted by atomic mass is 19.1. The van der Waals surface area contributed by atoms with Crippen molar-refractivity contribution in [3.05, 3.63) is 99.9 Å². The molecule has 1 aliphatic heterocycles. The normalized spacial score (nSPS) is 13.2. The van der Waals surface area contributed by atoms with Crippen LogP contribution in [0, 0.1) is 5.82 Å². The highest BCUT2D eigenvalue weighted by Crippen LogP contribution is 2.34. The molecule has 0 saturated carbocycles. The fraction of sp³-hybridized carbons (Fsp3) is 0.214. The number of carbonyl (C=O) groups excluding carboxylic acids is 1. The third-order valence-electron chi connectivity index (χ3n) is 6.92. The van der Waals surface area contributed by atoms with Crippen molar-refractivity contribution in [2.24, 2.45) is 0 Å². The van der Waals surface area contributed by atoms with Crippen molar-refractivity contribution in [3.8, 4) is 0 Å². The van der Waals surface area contributed by atoms with Crippen LogP contribution in [0.1, 0.15) is 35.1 Å². The summed E-state index contributed by atoms with van der Waals surface area (Å²) in [6.07, 6.45) is 1.73. The van der Waals surface area contributed by atoms with Gasteiger partial charge in [-0.05, 0) is 73.9 Å². The summed E-state index contributed by atoms with van der Waals surface area (Å²) in [4.78, 5) is 28.0. The molecule has 0 saturated heterocycles. The fourth-order valence-corrected chi connectivity index (χ4v) is 5.15. The number of nitrogens with one attached hydrogen (secondary N) is 1. The first-order chi connectivity index (χ1) is 18.0. The van der Waals surface area contributed by atoms with Crippen LogP contribution in [0.2, 0.25) is 0 Å². The molecule has 0 atom stereocenters. The number of hydrogen-bond donors (Lipinski definition) is 1. The Bertz CT molecular complexity index is 1710. The molecule has 6 rings (SSSR count). The van der Waals surface area contributed by atoms with Gasteiger partial charge in [-0.1, -0.05) is 18.2 Å². The molecule has 0 fully saturated rings. The average molecular weight is 497 g/mol. The monoisotopic (exact) mass is 496 g/mol. The van der Waals surface area contributed by atoms with Crippen LogP contribution < -0.4 is 15.8 Å². The molecule has 0 bridgehead atoms. The second kappa shape index (κ2) is 9.16. The van der Waals surface area contributed by atoms with Gasteiger partial charge in [0.1, 0.15) is 5.82 Å². The number of benzene rings is 3. The smallest absolute Gasteiger partial charge is 0.262 e. The van der Waals surface area contributed by atoms with Crippen molar-refractivity contribution in [2.45, 2.75) is 32.9 Å². The molecular weight excluding hydrogens is 471 g/mol. The zero-order chi connectivity index (χ0) is 25.5. The van der Waals surface area contributed by atoms with E-state index in [1.807, 2.05) is 53.8 Å². The summed E-state index contributed by atoms with van der Waals surface area (Å²) < 4.78 is 16.9. The van der Waals surface area contributed by atoms with E-state index in [4.69, 9.17) is 0 Å². The van der Waals surface area contributed by atoms with Crippen molar-refractivity contribution in [1.29, 1.82) is 0 Å². The minimum Gasteiger partial charge on any atom is -0.364 e. The van der Waals surface area contributed by atoms with Crippen molar-refractivity contribution in [2.75, 3.05) is 16.8 Å². The largest absolute Gasteiger partial charge is 0.364 e. The third-order valence-corrected chi connectivity index (χ3v) is 6.92. The Morgan fingerprint density at radius 2 is 1.84 bits per heavy atom. The van der Waals surface area contributed by atoms with Crippen LogP contribution in [0.5, 0.6) is 0 Å². The van der Waals surface area contributed by atoms with E-state index in [1.54, 1.807) is 4.57 Å². The van der Waals surface area contributed by atoms with E-state index in [2.05, 4.69) is 20.4 Å². The summed E-state index contributed by atoms with van der Waals surface area (Å²) in [6.45, 7) is 3.74. The molecule has 5 aromatic rings. The van der Waals surface area contributed by atoms with Gasteiger partial charge in [-0.2, -0.15) is 0 Å². The molecule has 3 heterocycles. The van der Waals surface area contributed by atoms with Crippen molar-refractivity contribution in [1.82, 2.24) is 19.2 Å². The van der Waals surface area contributed by atoms with Crippen LogP contribution in [0.4, 0.5) is 15.8 Å². The van der Waals surface area contributed by atoms with Gasteiger partial charge >= 0.3 is 0 Å². The van der Waals surface area contributed by atoms with Crippen LogP contribution >= 0.6 is 0 Å². The first-order valence-corrected chi connectivity index (χ1v) is 12.3. The summed E-state index contributed by atoms with van der Waals surface area (Å²) in [5.74, 6) is 0.604. The number of aromatic nitrogens is 4. The van der Waals surface area contributed by atoms with Gasteiger partial charge in [-0.3, -0.25) is 18.6 Å². The highest BCUT2D eigenvalue weighted by molar-refractivity contribution is 6.05. The number of fused-ring (bicyclic) bond motifs is 4. The minimum atomic E-state index is -0.381. The summed E-state index contributed by atoms with van der Waals surface area (Å²) in [5, 5.41) is 12.5. The van der Waals surface area contributed by atoms with Gasteiger partial charge < -0.3 is 10.2 Å². The van der Waals surface area contributed by atoms with Crippen molar-refractivity contribution < 1.29 is 9.18 Å². The number of para-hydroxylation sites is 1. The van der Waals surface area contributed by atoms with E-state index in [-0.39, 0.29) is 17.3 Å². The van der Waals surface area contributed by atoms with Crippen LogP contribution in [-0.4, -0.2) is 31.6 Å². The lowest BCUT2D eigenvalue weighted by atomic mass is 9.99. The number of rotatable bonds is 5. The second-order valence-corrected chi connectivity index (χ2v) is 9.11. The van der Waals surface area contributed by atoms with Crippen molar-refractivity contribution >= 4 is 34.0 Å². The molecule has 0 radical (unpaired) electrons. The lowest BCUT2D eigenvalue weighted by Gasteiger charge is -2.32. The maximum Gasteiger partial charge on any atom is 0.262 e. The molecule has 9 heteroatoms. The number of anilines is 2. The van der Waals surface area contributed by atoms with Crippen LogP contribution in [0.15, 0.2) is 71.5 Å². The Hall–Kier alpha value is -4.53. The van der Waals surface area contributed by atoms with Gasteiger partial charge in [-0.25, -0.2) is 4.39 Å². The SMILES string of the molecule is CCn1c(=O)c2ccccc2n2c(CN3CCCc4c(NC(=O)c5ccc(F)cc5)cccc43)nnc12. The topological polar surface area (TPSA) is 84.5 Å². The highest BCUT2D eigenvalue weighted by Gasteiger charge is 2.23.